The maximum Gasteiger partial charge on any atom is 0.222 e. The number of methoxy groups -OCH3 is 1. The molecule has 1 aliphatic rings. The summed E-state index contributed by atoms with van der Waals surface area (Å²) >= 11 is 0. The van der Waals surface area contributed by atoms with E-state index in [9.17, 15) is 9.90 Å². The second-order valence-corrected chi connectivity index (χ2v) is 5.09. The Morgan fingerprint density at radius 1 is 1.44 bits per heavy atom. The molecule has 0 saturated heterocycles. The largest absolute Gasteiger partial charge is 0.396 e. The molecule has 18 heavy (non-hydrogen) atoms. The summed E-state index contributed by atoms with van der Waals surface area (Å²) in [4.78, 5) is 11.7. The van der Waals surface area contributed by atoms with Gasteiger partial charge in [0.1, 0.15) is 0 Å². The molecule has 106 valence electrons. The van der Waals surface area contributed by atoms with E-state index in [0.717, 1.165) is 12.8 Å². The Balaban J connectivity index is 2.28. The minimum absolute atomic E-state index is 0.0189. The number of ether oxygens (including phenoxy) is 1. The maximum absolute atomic E-state index is 11.7. The molecular weight excluding hydrogens is 232 g/mol. The lowest BCUT2D eigenvalue weighted by atomic mass is 9.79. The van der Waals surface area contributed by atoms with Gasteiger partial charge in [0.15, 0.2) is 0 Å². The molecule has 0 aromatic carbocycles. The van der Waals surface area contributed by atoms with Crippen molar-refractivity contribution in [3.63, 3.8) is 0 Å². The summed E-state index contributed by atoms with van der Waals surface area (Å²) in [5, 5.41) is 12.2. The van der Waals surface area contributed by atoms with Crippen molar-refractivity contribution in [3.8, 4) is 0 Å². The molecule has 5 heteroatoms. The van der Waals surface area contributed by atoms with E-state index < -0.39 is 0 Å². The molecule has 5 nitrogen and oxygen atoms in total. The number of aliphatic hydroxyl groups excluding tert-OH is 1. The molecule has 3 atom stereocenters. The summed E-state index contributed by atoms with van der Waals surface area (Å²) in [5.41, 5.74) is 5.48. The van der Waals surface area contributed by atoms with E-state index in [2.05, 4.69) is 5.32 Å². The van der Waals surface area contributed by atoms with Crippen molar-refractivity contribution in [3.05, 3.63) is 0 Å². The second kappa shape index (κ2) is 8.45. The van der Waals surface area contributed by atoms with Crippen LogP contribution in [0.2, 0.25) is 0 Å². The zero-order chi connectivity index (χ0) is 13.4. The number of aliphatic hydroxyl groups is 1. The van der Waals surface area contributed by atoms with Crippen LogP contribution in [0.5, 0.6) is 0 Å². The fourth-order valence-electron chi connectivity index (χ4n) is 2.58. The molecule has 3 unspecified atom stereocenters. The SMILES string of the molecule is COC(CN)CC(=O)NCC1CCCCC1CO. The predicted molar refractivity (Wildman–Crippen MR) is 70.0 cm³/mol. The normalized spacial score (nSPS) is 25.7. The highest BCUT2D eigenvalue weighted by Gasteiger charge is 2.24. The number of amides is 1. The Bertz CT molecular complexity index is 244. The fourth-order valence-corrected chi connectivity index (χ4v) is 2.58. The summed E-state index contributed by atoms with van der Waals surface area (Å²) in [5.74, 6) is 0.730. The lowest BCUT2D eigenvalue weighted by Gasteiger charge is -2.30. The average molecular weight is 258 g/mol. The smallest absolute Gasteiger partial charge is 0.222 e. The van der Waals surface area contributed by atoms with E-state index in [-0.39, 0.29) is 18.6 Å². The van der Waals surface area contributed by atoms with Crippen LogP contribution in [0.15, 0.2) is 0 Å². The number of hydrogen-bond donors (Lipinski definition) is 3. The van der Waals surface area contributed by atoms with Gasteiger partial charge in [-0.3, -0.25) is 4.79 Å². The Morgan fingerprint density at radius 3 is 2.67 bits per heavy atom. The van der Waals surface area contributed by atoms with E-state index in [0.29, 0.717) is 31.3 Å². The maximum atomic E-state index is 11.7. The molecule has 1 rings (SSSR count). The van der Waals surface area contributed by atoms with Crippen LogP contribution in [0.1, 0.15) is 32.1 Å². The Labute approximate surface area is 109 Å². The summed E-state index contributed by atoms with van der Waals surface area (Å²) in [6.07, 6.45) is 4.65. The molecule has 0 heterocycles. The monoisotopic (exact) mass is 258 g/mol. The quantitative estimate of drug-likeness (QED) is 0.612. The lowest BCUT2D eigenvalue weighted by molar-refractivity contribution is -0.123. The minimum Gasteiger partial charge on any atom is -0.396 e. The first-order valence-electron chi connectivity index (χ1n) is 6.81. The van der Waals surface area contributed by atoms with Crippen LogP contribution >= 0.6 is 0 Å². The van der Waals surface area contributed by atoms with Gasteiger partial charge >= 0.3 is 0 Å². The Kier molecular flexibility index (Phi) is 7.23. The van der Waals surface area contributed by atoms with Gasteiger partial charge in [0.2, 0.25) is 5.91 Å². The van der Waals surface area contributed by atoms with Crippen LogP contribution in [-0.2, 0) is 9.53 Å². The van der Waals surface area contributed by atoms with Crippen molar-refractivity contribution in [1.29, 1.82) is 0 Å². The molecule has 0 radical (unpaired) electrons. The third kappa shape index (κ3) is 4.92. The van der Waals surface area contributed by atoms with Crippen molar-refractivity contribution >= 4 is 5.91 Å². The summed E-state index contributed by atoms with van der Waals surface area (Å²) in [6.45, 7) is 1.24. The molecule has 1 amide bonds. The zero-order valence-electron chi connectivity index (χ0n) is 11.2. The van der Waals surface area contributed by atoms with Crippen LogP contribution in [0, 0.1) is 11.8 Å². The number of hydrogen-bond acceptors (Lipinski definition) is 4. The highest BCUT2D eigenvalue weighted by atomic mass is 16.5. The number of nitrogens with two attached hydrogens (primary N) is 1. The number of carbonyl (C=O) groups is 1. The highest BCUT2D eigenvalue weighted by molar-refractivity contribution is 5.76. The van der Waals surface area contributed by atoms with E-state index in [4.69, 9.17) is 10.5 Å². The van der Waals surface area contributed by atoms with E-state index in [1.807, 2.05) is 0 Å². The second-order valence-electron chi connectivity index (χ2n) is 5.09. The van der Waals surface area contributed by atoms with Crippen LogP contribution in [0.25, 0.3) is 0 Å². The molecule has 0 aliphatic heterocycles. The van der Waals surface area contributed by atoms with Gasteiger partial charge in [-0.05, 0) is 24.7 Å². The van der Waals surface area contributed by atoms with E-state index >= 15 is 0 Å². The molecular formula is C13H26N2O3. The van der Waals surface area contributed by atoms with Crippen LogP contribution in [0.3, 0.4) is 0 Å². The fraction of sp³-hybridized carbons (Fsp3) is 0.923. The molecule has 0 spiro atoms. The third-order valence-corrected chi connectivity index (χ3v) is 3.87. The number of rotatable bonds is 7. The third-order valence-electron chi connectivity index (χ3n) is 3.87. The Morgan fingerprint density at radius 2 is 2.11 bits per heavy atom. The summed E-state index contributed by atoms with van der Waals surface area (Å²) in [7, 11) is 1.56. The van der Waals surface area contributed by atoms with Crippen LogP contribution in [-0.4, -0.2) is 43.9 Å². The van der Waals surface area contributed by atoms with Gasteiger partial charge in [-0.25, -0.2) is 0 Å². The first-order chi connectivity index (χ1) is 8.71. The van der Waals surface area contributed by atoms with Gasteiger partial charge in [0.25, 0.3) is 0 Å². The van der Waals surface area contributed by atoms with Crippen LogP contribution in [0.4, 0.5) is 0 Å². The predicted octanol–water partition coefficient (Wildman–Crippen LogP) is 0.265. The van der Waals surface area contributed by atoms with Crippen molar-refractivity contribution in [2.75, 3.05) is 26.8 Å². The van der Waals surface area contributed by atoms with Crippen molar-refractivity contribution < 1.29 is 14.6 Å². The summed E-state index contributed by atoms with van der Waals surface area (Å²) in [6, 6.07) is 0. The van der Waals surface area contributed by atoms with Gasteiger partial charge in [-0.15, -0.1) is 0 Å². The molecule has 4 N–H and O–H groups in total. The molecule has 1 fully saturated rings. The van der Waals surface area contributed by atoms with Crippen LogP contribution < -0.4 is 11.1 Å². The molecule has 0 aromatic heterocycles. The number of carbonyl (C=O) groups excluding carboxylic acids is 1. The van der Waals surface area contributed by atoms with Crippen molar-refractivity contribution in [1.82, 2.24) is 5.32 Å². The molecule has 1 saturated carbocycles. The lowest BCUT2D eigenvalue weighted by Crippen LogP contribution is -2.38. The van der Waals surface area contributed by atoms with Gasteiger partial charge in [-0.1, -0.05) is 12.8 Å². The topological polar surface area (TPSA) is 84.6 Å². The van der Waals surface area contributed by atoms with Gasteiger partial charge in [0.05, 0.1) is 12.5 Å². The van der Waals surface area contributed by atoms with Gasteiger partial charge < -0.3 is 20.9 Å². The van der Waals surface area contributed by atoms with Gasteiger partial charge in [-0.2, -0.15) is 0 Å². The molecule has 0 bridgehead atoms. The first kappa shape index (κ1) is 15.4. The average Bonchev–Trinajstić information content (AvgIpc) is 2.42. The standard InChI is InChI=1S/C13H26N2O3/c1-18-12(7-14)6-13(17)15-8-10-4-2-3-5-11(10)9-16/h10-12,16H,2-9,14H2,1H3,(H,15,17). The van der Waals surface area contributed by atoms with Gasteiger partial charge in [0, 0.05) is 26.8 Å². The van der Waals surface area contributed by atoms with Crippen molar-refractivity contribution in [2.45, 2.75) is 38.2 Å². The summed E-state index contributed by atoms with van der Waals surface area (Å²) < 4.78 is 5.08. The van der Waals surface area contributed by atoms with Crippen molar-refractivity contribution in [2.24, 2.45) is 17.6 Å². The highest BCUT2D eigenvalue weighted by Crippen LogP contribution is 2.29. The Hall–Kier alpha value is -0.650. The zero-order valence-corrected chi connectivity index (χ0v) is 11.2. The minimum atomic E-state index is -0.204. The molecule has 0 aromatic rings. The number of nitrogens with one attached hydrogen (secondary N) is 1. The van der Waals surface area contributed by atoms with E-state index in [1.165, 1.54) is 12.8 Å². The first-order valence-corrected chi connectivity index (χ1v) is 6.81. The van der Waals surface area contributed by atoms with E-state index in [1.54, 1.807) is 7.11 Å². The molecule has 1 aliphatic carbocycles.